The first-order valence-electron chi connectivity index (χ1n) is 8.16. The van der Waals surface area contributed by atoms with Crippen molar-refractivity contribution in [2.75, 3.05) is 18.9 Å². The minimum Gasteiger partial charge on any atom is -0.325 e. The summed E-state index contributed by atoms with van der Waals surface area (Å²) in [6.07, 6.45) is 0. The second kappa shape index (κ2) is 8.85. The number of amides is 1. The van der Waals surface area contributed by atoms with Gasteiger partial charge in [-0.3, -0.25) is 4.79 Å². The van der Waals surface area contributed by atoms with Gasteiger partial charge in [-0.2, -0.15) is 0 Å². The predicted molar refractivity (Wildman–Crippen MR) is 105 cm³/mol. The molecule has 0 fully saturated rings. The Labute approximate surface area is 156 Å². The molecule has 2 N–H and O–H groups in total. The SMILES string of the molecule is C[NH+](CC(=O)Nc1ccccc1Sc1ccccc1)Cc1cccs1. The molecule has 3 aromatic rings. The summed E-state index contributed by atoms with van der Waals surface area (Å²) in [5, 5.41) is 5.13. The van der Waals surface area contributed by atoms with Crippen molar-refractivity contribution in [2.45, 2.75) is 16.3 Å². The zero-order chi connectivity index (χ0) is 17.5. The lowest BCUT2D eigenvalue weighted by atomic mass is 10.3. The van der Waals surface area contributed by atoms with Crippen LogP contribution < -0.4 is 10.2 Å². The van der Waals surface area contributed by atoms with Gasteiger partial charge in [0.15, 0.2) is 6.54 Å². The van der Waals surface area contributed by atoms with E-state index in [4.69, 9.17) is 0 Å². The number of carbonyl (C=O) groups is 1. The number of hydrogen-bond donors (Lipinski definition) is 2. The van der Waals surface area contributed by atoms with Gasteiger partial charge in [0.1, 0.15) is 6.54 Å². The Balaban J connectivity index is 1.61. The van der Waals surface area contributed by atoms with Crippen LogP contribution in [0.2, 0.25) is 0 Å². The van der Waals surface area contributed by atoms with Gasteiger partial charge in [0, 0.05) is 9.79 Å². The first-order valence-corrected chi connectivity index (χ1v) is 9.86. The van der Waals surface area contributed by atoms with Crippen molar-refractivity contribution < 1.29 is 9.69 Å². The van der Waals surface area contributed by atoms with E-state index >= 15 is 0 Å². The molecule has 25 heavy (non-hydrogen) atoms. The average Bonchev–Trinajstić information content (AvgIpc) is 3.10. The van der Waals surface area contributed by atoms with Crippen LogP contribution in [0.25, 0.3) is 0 Å². The summed E-state index contributed by atoms with van der Waals surface area (Å²) in [6.45, 7) is 1.31. The summed E-state index contributed by atoms with van der Waals surface area (Å²) < 4.78 is 0. The lowest BCUT2D eigenvalue weighted by Gasteiger charge is -2.14. The Hall–Kier alpha value is -2.08. The Morgan fingerprint density at radius 2 is 1.80 bits per heavy atom. The number of thiophene rings is 1. The summed E-state index contributed by atoms with van der Waals surface area (Å²) in [6, 6.07) is 22.3. The van der Waals surface area contributed by atoms with Crippen molar-refractivity contribution in [3.63, 3.8) is 0 Å². The Morgan fingerprint density at radius 1 is 1.04 bits per heavy atom. The van der Waals surface area contributed by atoms with E-state index in [9.17, 15) is 4.79 Å². The molecular formula is C20H21N2OS2+. The molecule has 0 radical (unpaired) electrons. The van der Waals surface area contributed by atoms with E-state index in [-0.39, 0.29) is 5.91 Å². The molecule has 5 heteroatoms. The van der Waals surface area contributed by atoms with Gasteiger partial charge in [-0.15, -0.1) is 11.3 Å². The molecule has 1 heterocycles. The Kier molecular flexibility index (Phi) is 6.28. The molecule has 0 bridgehead atoms. The highest BCUT2D eigenvalue weighted by molar-refractivity contribution is 7.99. The van der Waals surface area contributed by atoms with E-state index in [1.165, 1.54) is 9.78 Å². The van der Waals surface area contributed by atoms with E-state index < -0.39 is 0 Å². The van der Waals surface area contributed by atoms with E-state index in [2.05, 4.69) is 28.9 Å². The maximum Gasteiger partial charge on any atom is 0.279 e. The quantitative estimate of drug-likeness (QED) is 0.668. The predicted octanol–water partition coefficient (Wildman–Crippen LogP) is 3.55. The monoisotopic (exact) mass is 369 g/mol. The van der Waals surface area contributed by atoms with Crippen LogP contribution in [0, 0.1) is 0 Å². The van der Waals surface area contributed by atoms with Crippen LogP contribution in [-0.4, -0.2) is 19.5 Å². The fraction of sp³-hybridized carbons (Fsp3) is 0.150. The molecular weight excluding hydrogens is 348 g/mol. The maximum absolute atomic E-state index is 12.4. The van der Waals surface area contributed by atoms with Crippen molar-refractivity contribution in [1.82, 2.24) is 0 Å². The third-order valence-electron chi connectivity index (χ3n) is 3.65. The third kappa shape index (κ3) is 5.46. The molecule has 3 rings (SSSR count). The van der Waals surface area contributed by atoms with Crippen molar-refractivity contribution >= 4 is 34.7 Å². The van der Waals surface area contributed by atoms with Crippen molar-refractivity contribution in [2.24, 2.45) is 0 Å². The topological polar surface area (TPSA) is 33.5 Å². The van der Waals surface area contributed by atoms with Gasteiger partial charge in [0.2, 0.25) is 0 Å². The second-order valence-corrected chi connectivity index (χ2v) is 8.00. The number of para-hydroxylation sites is 1. The highest BCUT2D eigenvalue weighted by atomic mass is 32.2. The van der Waals surface area contributed by atoms with Crippen molar-refractivity contribution in [3.05, 3.63) is 77.0 Å². The number of carbonyl (C=O) groups excluding carboxylic acids is 1. The van der Waals surface area contributed by atoms with E-state index in [1.807, 2.05) is 55.6 Å². The highest BCUT2D eigenvalue weighted by Crippen LogP contribution is 2.32. The smallest absolute Gasteiger partial charge is 0.279 e. The first-order chi connectivity index (χ1) is 12.2. The van der Waals surface area contributed by atoms with Crippen LogP contribution in [0.3, 0.4) is 0 Å². The Bertz CT molecular complexity index is 804. The fourth-order valence-corrected chi connectivity index (χ4v) is 4.26. The molecule has 1 atom stereocenters. The standard InChI is InChI=1S/C20H20N2OS2/c1-22(14-17-10-7-13-24-17)15-20(23)21-18-11-5-6-12-19(18)25-16-8-3-2-4-9-16/h2-13H,14-15H2,1H3,(H,21,23)/p+1. The van der Waals surface area contributed by atoms with Crippen molar-refractivity contribution in [3.8, 4) is 0 Å². The number of rotatable bonds is 7. The molecule has 0 aliphatic carbocycles. The van der Waals surface area contributed by atoms with Crippen LogP contribution in [0.5, 0.6) is 0 Å². The third-order valence-corrected chi connectivity index (χ3v) is 5.61. The van der Waals surface area contributed by atoms with Crippen LogP contribution in [0.1, 0.15) is 4.88 Å². The minimum atomic E-state index is 0.0372. The van der Waals surface area contributed by atoms with Crippen molar-refractivity contribution in [1.29, 1.82) is 0 Å². The minimum absolute atomic E-state index is 0.0372. The molecule has 1 unspecified atom stereocenters. The molecule has 0 aliphatic heterocycles. The highest BCUT2D eigenvalue weighted by Gasteiger charge is 2.13. The molecule has 0 saturated carbocycles. The van der Waals surface area contributed by atoms with Crippen LogP contribution in [0.4, 0.5) is 5.69 Å². The summed E-state index contributed by atoms with van der Waals surface area (Å²) in [7, 11) is 2.05. The van der Waals surface area contributed by atoms with Crippen LogP contribution >= 0.6 is 23.1 Å². The summed E-state index contributed by atoms with van der Waals surface area (Å²) >= 11 is 3.39. The zero-order valence-corrected chi connectivity index (χ0v) is 15.7. The molecule has 0 saturated heterocycles. The van der Waals surface area contributed by atoms with Gasteiger partial charge in [-0.05, 0) is 35.7 Å². The number of benzene rings is 2. The summed E-state index contributed by atoms with van der Waals surface area (Å²) in [5.74, 6) is 0.0372. The number of nitrogens with one attached hydrogen (secondary N) is 2. The first kappa shape index (κ1) is 17.7. The molecule has 0 aliphatic rings. The number of likely N-dealkylation sites (N-methyl/N-ethyl adjacent to an activating group) is 1. The van der Waals surface area contributed by atoms with Gasteiger partial charge >= 0.3 is 0 Å². The average molecular weight is 370 g/mol. The lowest BCUT2D eigenvalue weighted by molar-refractivity contribution is -0.884. The van der Waals surface area contributed by atoms with Gasteiger partial charge in [-0.1, -0.05) is 48.2 Å². The van der Waals surface area contributed by atoms with Gasteiger partial charge in [-0.25, -0.2) is 0 Å². The van der Waals surface area contributed by atoms with Gasteiger partial charge in [0.25, 0.3) is 5.91 Å². The molecule has 1 amide bonds. The molecule has 1 aromatic heterocycles. The number of hydrogen-bond acceptors (Lipinski definition) is 3. The Morgan fingerprint density at radius 3 is 2.56 bits per heavy atom. The van der Waals surface area contributed by atoms with Crippen LogP contribution in [-0.2, 0) is 11.3 Å². The largest absolute Gasteiger partial charge is 0.325 e. The lowest BCUT2D eigenvalue weighted by Crippen LogP contribution is -3.08. The number of anilines is 1. The second-order valence-electron chi connectivity index (χ2n) is 5.85. The normalized spacial score (nSPS) is 11.9. The van der Waals surface area contributed by atoms with E-state index in [0.29, 0.717) is 6.54 Å². The number of quaternary nitrogens is 1. The summed E-state index contributed by atoms with van der Waals surface area (Å²) in [5.41, 5.74) is 0.866. The van der Waals surface area contributed by atoms with E-state index in [1.54, 1.807) is 23.1 Å². The molecule has 3 nitrogen and oxygen atoms in total. The summed E-state index contributed by atoms with van der Waals surface area (Å²) in [4.78, 5) is 17.1. The fourth-order valence-electron chi connectivity index (χ4n) is 2.52. The molecule has 0 spiro atoms. The van der Waals surface area contributed by atoms with Gasteiger partial charge < -0.3 is 10.2 Å². The van der Waals surface area contributed by atoms with Crippen LogP contribution in [0.15, 0.2) is 81.9 Å². The van der Waals surface area contributed by atoms with E-state index in [0.717, 1.165) is 22.0 Å². The molecule has 2 aromatic carbocycles. The zero-order valence-electron chi connectivity index (χ0n) is 14.1. The van der Waals surface area contributed by atoms with Gasteiger partial charge in [0.05, 0.1) is 17.6 Å². The molecule has 128 valence electrons. The maximum atomic E-state index is 12.4.